The second-order valence-electron chi connectivity index (χ2n) is 4.90. The van der Waals surface area contributed by atoms with Gasteiger partial charge < -0.3 is 14.3 Å². The molecule has 1 N–H and O–H groups in total. The summed E-state index contributed by atoms with van der Waals surface area (Å²) in [5, 5.41) is 12.0. The van der Waals surface area contributed by atoms with Gasteiger partial charge in [0.15, 0.2) is 0 Å². The number of nitrogens with zero attached hydrogens (tertiary/aromatic N) is 1. The normalized spacial score (nSPS) is 12.6. The van der Waals surface area contributed by atoms with Crippen LogP contribution in [0.1, 0.15) is 5.76 Å². The first-order chi connectivity index (χ1) is 10.8. The van der Waals surface area contributed by atoms with Gasteiger partial charge in [-0.25, -0.2) is 4.98 Å². The molecule has 0 aliphatic heterocycles. The van der Waals surface area contributed by atoms with Crippen LogP contribution in [0.3, 0.4) is 0 Å². The van der Waals surface area contributed by atoms with E-state index in [9.17, 15) is 5.11 Å². The van der Waals surface area contributed by atoms with Gasteiger partial charge in [0.05, 0.1) is 29.5 Å². The number of fused-ring (bicyclic) bond motifs is 1. The number of hydrogen-bond donors (Lipinski definition) is 1. The zero-order valence-electron chi connectivity index (χ0n) is 12.0. The molecule has 5 heteroatoms. The van der Waals surface area contributed by atoms with Crippen LogP contribution in [-0.2, 0) is 11.3 Å². The molecule has 2 heterocycles. The van der Waals surface area contributed by atoms with Crippen LogP contribution >= 0.6 is 11.8 Å². The number of thioether (sulfide) groups is 1. The molecule has 3 rings (SSSR count). The van der Waals surface area contributed by atoms with E-state index in [2.05, 4.69) is 4.98 Å². The fraction of sp³-hybridized carbons (Fsp3) is 0.235. The van der Waals surface area contributed by atoms with Gasteiger partial charge in [0.2, 0.25) is 0 Å². The van der Waals surface area contributed by atoms with Crippen LogP contribution in [0.25, 0.3) is 10.9 Å². The number of para-hydroxylation sites is 1. The van der Waals surface area contributed by atoms with Crippen LogP contribution in [0.2, 0.25) is 0 Å². The Labute approximate surface area is 133 Å². The Bertz CT molecular complexity index is 715. The van der Waals surface area contributed by atoms with Gasteiger partial charge in [-0.3, -0.25) is 0 Å². The SMILES string of the molecule is OC(COCc1ccco1)CSc1ccc2ccccc2n1. The topological polar surface area (TPSA) is 55.5 Å². The van der Waals surface area contributed by atoms with Crippen LogP contribution in [-0.4, -0.2) is 28.6 Å². The molecule has 2 aromatic heterocycles. The predicted molar refractivity (Wildman–Crippen MR) is 86.8 cm³/mol. The second-order valence-corrected chi connectivity index (χ2v) is 5.94. The lowest BCUT2D eigenvalue weighted by Gasteiger charge is -2.10. The van der Waals surface area contributed by atoms with E-state index in [1.54, 1.807) is 6.26 Å². The van der Waals surface area contributed by atoms with Gasteiger partial charge in [-0.1, -0.05) is 24.3 Å². The summed E-state index contributed by atoms with van der Waals surface area (Å²) in [6.45, 7) is 0.657. The fourth-order valence-electron chi connectivity index (χ4n) is 2.05. The van der Waals surface area contributed by atoms with Crippen molar-refractivity contribution < 1.29 is 14.3 Å². The number of ether oxygens (including phenoxy) is 1. The molecule has 0 bridgehead atoms. The lowest BCUT2D eigenvalue weighted by molar-refractivity contribution is 0.0328. The molecule has 0 saturated carbocycles. The molecule has 0 spiro atoms. The van der Waals surface area contributed by atoms with Crippen LogP contribution in [0, 0.1) is 0 Å². The highest BCUT2D eigenvalue weighted by Gasteiger charge is 2.07. The van der Waals surface area contributed by atoms with E-state index in [1.165, 1.54) is 11.8 Å². The molecule has 0 saturated heterocycles. The Morgan fingerprint density at radius 1 is 1.14 bits per heavy atom. The van der Waals surface area contributed by atoms with Crippen LogP contribution in [0.4, 0.5) is 0 Å². The Morgan fingerprint density at radius 3 is 2.91 bits per heavy atom. The van der Waals surface area contributed by atoms with Crippen LogP contribution in [0.15, 0.2) is 64.2 Å². The number of furan rings is 1. The van der Waals surface area contributed by atoms with Crippen molar-refractivity contribution in [1.29, 1.82) is 0 Å². The maximum absolute atomic E-state index is 9.95. The van der Waals surface area contributed by atoms with Gasteiger partial charge in [0, 0.05) is 11.1 Å². The van der Waals surface area contributed by atoms with Crippen molar-refractivity contribution in [3.05, 3.63) is 60.6 Å². The Morgan fingerprint density at radius 2 is 2.05 bits per heavy atom. The fourth-order valence-corrected chi connectivity index (χ4v) is 2.83. The largest absolute Gasteiger partial charge is 0.467 e. The lowest BCUT2D eigenvalue weighted by atomic mass is 10.2. The van der Waals surface area contributed by atoms with E-state index < -0.39 is 6.10 Å². The quantitative estimate of drug-likeness (QED) is 0.676. The van der Waals surface area contributed by atoms with Gasteiger partial charge in [-0.15, -0.1) is 11.8 Å². The van der Waals surface area contributed by atoms with E-state index in [1.807, 2.05) is 48.5 Å². The van der Waals surface area contributed by atoms with Gasteiger partial charge >= 0.3 is 0 Å². The maximum Gasteiger partial charge on any atom is 0.129 e. The molecular formula is C17H17NO3S. The van der Waals surface area contributed by atoms with Crippen molar-refractivity contribution in [3.63, 3.8) is 0 Å². The molecule has 4 nitrogen and oxygen atoms in total. The zero-order valence-corrected chi connectivity index (χ0v) is 12.8. The molecule has 3 aromatic rings. The summed E-state index contributed by atoms with van der Waals surface area (Å²) in [5.74, 6) is 1.31. The summed E-state index contributed by atoms with van der Waals surface area (Å²) in [4.78, 5) is 4.56. The minimum absolute atomic E-state index is 0.279. The van der Waals surface area contributed by atoms with Gasteiger partial charge in [0.25, 0.3) is 0 Å². The van der Waals surface area contributed by atoms with Crippen molar-refractivity contribution >= 4 is 22.7 Å². The average molecular weight is 315 g/mol. The third kappa shape index (κ3) is 4.10. The molecular weight excluding hydrogens is 298 g/mol. The summed E-state index contributed by atoms with van der Waals surface area (Å²) in [6, 6.07) is 15.7. The van der Waals surface area contributed by atoms with Crippen LogP contribution < -0.4 is 0 Å². The summed E-state index contributed by atoms with van der Waals surface area (Å²) >= 11 is 1.53. The van der Waals surface area contributed by atoms with Crippen molar-refractivity contribution in [2.45, 2.75) is 17.7 Å². The first kappa shape index (κ1) is 15.1. The van der Waals surface area contributed by atoms with Crippen LogP contribution in [0.5, 0.6) is 0 Å². The number of pyridine rings is 1. The minimum Gasteiger partial charge on any atom is -0.467 e. The van der Waals surface area contributed by atoms with E-state index >= 15 is 0 Å². The molecule has 0 aliphatic rings. The Kier molecular flexibility index (Phi) is 5.11. The number of rotatable bonds is 7. The first-order valence-corrected chi connectivity index (χ1v) is 8.06. The summed E-state index contributed by atoms with van der Waals surface area (Å²) in [6.07, 6.45) is 1.07. The minimum atomic E-state index is -0.534. The van der Waals surface area contributed by atoms with Gasteiger partial charge in [-0.05, 0) is 24.3 Å². The van der Waals surface area contributed by atoms with Gasteiger partial charge in [0.1, 0.15) is 12.4 Å². The molecule has 114 valence electrons. The molecule has 22 heavy (non-hydrogen) atoms. The maximum atomic E-state index is 9.95. The predicted octanol–water partition coefficient (Wildman–Crippen LogP) is 3.50. The van der Waals surface area contributed by atoms with Crippen molar-refractivity contribution in [2.75, 3.05) is 12.4 Å². The summed E-state index contributed by atoms with van der Waals surface area (Å²) in [7, 11) is 0. The van der Waals surface area contributed by atoms with E-state index in [4.69, 9.17) is 9.15 Å². The molecule has 0 radical (unpaired) electrons. The highest BCUT2D eigenvalue weighted by atomic mass is 32.2. The van der Waals surface area contributed by atoms with Crippen molar-refractivity contribution in [1.82, 2.24) is 4.98 Å². The zero-order chi connectivity index (χ0) is 15.2. The molecule has 0 aliphatic carbocycles. The molecule has 0 amide bonds. The van der Waals surface area contributed by atoms with Crippen molar-refractivity contribution in [2.24, 2.45) is 0 Å². The number of aliphatic hydroxyl groups excluding tert-OH is 1. The third-order valence-corrected chi connectivity index (χ3v) is 4.21. The van der Waals surface area contributed by atoms with E-state index in [-0.39, 0.29) is 6.61 Å². The molecule has 0 fully saturated rings. The number of aromatic nitrogens is 1. The number of hydrogen-bond acceptors (Lipinski definition) is 5. The standard InChI is InChI=1S/C17H17NO3S/c19-14(10-20-11-15-5-3-9-21-15)12-22-17-8-7-13-4-1-2-6-16(13)18-17/h1-9,14,19H,10-12H2. The lowest BCUT2D eigenvalue weighted by Crippen LogP contribution is -2.17. The highest BCUT2D eigenvalue weighted by Crippen LogP contribution is 2.20. The molecule has 1 unspecified atom stereocenters. The van der Waals surface area contributed by atoms with Crippen molar-refractivity contribution in [3.8, 4) is 0 Å². The van der Waals surface area contributed by atoms with E-state index in [0.29, 0.717) is 12.4 Å². The molecule has 1 atom stereocenters. The molecule has 1 aromatic carbocycles. The average Bonchev–Trinajstić information content (AvgIpc) is 3.06. The summed E-state index contributed by atoms with van der Waals surface area (Å²) < 4.78 is 10.6. The number of benzene rings is 1. The first-order valence-electron chi connectivity index (χ1n) is 7.08. The van der Waals surface area contributed by atoms with Gasteiger partial charge in [-0.2, -0.15) is 0 Å². The Hall–Kier alpha value is -1.82. The third-order valence-electron chi connectivity index (χ3n) is 3.13. The second kappa shape index (κ2) is 7.45. The van der Waals surface area contributed by atoms with E-state index in [0.717, 1.165) is 21.7 Å². The number of aliphatic hydroxyl groups is 1. The summed E-state index contributed by atoms with van der Waals surface area (Å²) in [5.41, 5.74) is 0.969. The Balaban J connectivity index is 1.46. The highest BCUT2D eigenvalue weighted by molar-refractivity contribution is 7.99. The monoisotopic (exact) mass is 315 g/mol. The smallest absolute Gasteiger partial charge is 0.129 e.